The van der Waals surface area contributed by atoms with Crippen LogP contribution in [0.15, 0.2) is 35.9 Å². The van der Waals surface area contributed by atoms with Gasteiger partial charge in [-0.2, -0.15) is 4.89 Å². The van der Waals surface area contributed by atoms with Crippen LogP contribution in [0.2, 0.25) is 0 Å². The quantitative estimate of drug-likeness (QED) is 0.298. The molecule has 3 aliphatic rings. The third kappa shape index (κ3) is 3.57. The van der Waals surface area contributed by atoms with Gasteiger partial charge in [0.15, 0.2) is 5.60 Å². The highest BCUT2D eigenvalue weighted by Crippen LogP contribution is 2.65. The average molecular weight is 452 g/mol. The molecular formula is C24H21O7P-2. The predicted molar refractivity (Wildman–Crippen MR) is 111 cm³/mol. The van der Waals surface area contributed by atoms with Crippen LogP contribution in [-0.2, 0) is 24.9 Å². The largest absolute Gasteiger partial charge is 0.780 e. The van der Waals surface area contributed by atoms with Crippen LogP contribution in [0.25, 0.3) is 0 Å². The zero-order chi connectivity index (χ0) is 23.0. The van der Waals surface area contributed by atoms with E-state index in [1.54, 1.807) is 12.1 Å². The van der Waals surface area contributed by atoms with E-state index in [4.69, 9.17) is 20.9 Å². The lowest BCUT2D eigenvalue weighted by molar-refractivity contribution is -0.639. The van der Waals surface area contributed by atoms with Crippen LogP contribution in [0, 0.1) is 53.8 Å². The number of methoxy groups -OCH3 is 1. The smallest absolute Gasteiger partial charge is 0.261 e. The Kier molecular flexibility index (Phi) is 5.97. The minimum absolute atomic E-state index is 0.000478. The standard InChI is InChI=1S/C24H23O7P/c1-4-5-6-7-10-18-15-17(2)21-13-9-14-22(18)23(21)24(28-3,31-30-23)19-11-8-12-20(16-19)29-32(25,26)27/h1,8,11-12,15-16,18,21-22H,9,13-14H2,2-3H3,(H2,25,26,27)/p-2. The molecule has 0 N–H and O–H groups in total. The molecule has 2 bridgehead atoms. The molecule has 0 aromatic heterocycles. The Morgan fingerprint density at radius 1 is 1.22 bits per heavy atom. The minimum atomic E-state index is -5.22. The van der Waals surface area contributed by atoms with Crippen molar-refractivity contribution < 1.29 is 33.4 Å². The zero-order valence-corrected chi connectivity index (χ0v) is 18.5. The number of ether oxygens (including phenoxy) is 1. The van der Waals surface area contributed by atoms with E-state index < -0.39 is 19.2 Å². The Hall–Kier alpha value is -2.53. The summed E-state index contributed by atoms with van der Waals surface area (Å²) in [5.74, 6) is 11.7. The molecule has 1 aliphatic heterocycles. The molecule has 8 heteroatoms. The molecular weight excluding hydrogens is 431 g/mol. The lowest BCUT2D eigenvalue weighted by atomic mass is 9.53. The van der Waals surface area contributed by atoms with E-state index in [1.807, 2.05) is 6.92 Å². The second-order valence-electron chi connectivity index (χ2n) is 8.04. The molecule has 1 saturated carbocycles. The monoisotopic (exact) mass is 452 g/mol. The second kappa shape index (κ2) is 8.43. The van der Waals surface area contributed by atoms with E-state index in [-0.39, 0.29) is 23.5 Å². The third-order valence-corrected chi connectivity index (χ3v) is 6.90. The van der Waals surface area contributed by atoms with Crippen molar-refractivity contribution in [1.29, 1.82) is 0 Å². The number of terminal acetylenes is 1. The fourth-order valence-electron chi connectivity index (χ4n) is 5.36. The van der Waals surface area contributed by atoms with Crippen molar-refractivity contribution >= 4 is 7.82 Å². The number of phosphoric ester groups is 1. The molecule has 5 unspecified atom stereocenters. The lowest BCUT2D eigenvalue weighted by Crippen LogP contribution is -2.75. The number of hydrogen-bond acceptors (Lipinski definition) is 7. The topological polar surface area (TPSA) is 100 Å². The van der Waals surface area contributed by atoms with Gasteiger partial charge in [-0.1, -0.05) is 36.1 Å². The lowest BCUT2D eigenvalue weighted by Gasteiger charge is -2.65. The predicted octanol–water partition coefficient (Wildman–Crippen LogP) is 2.03. The summed E-state index contributed by atoms with van der Waals surface area (Å²) in [6.07, 6.45) is 9.98. The van der Waals surface area contributed by atoms with Gasteiger partial charge >= 0.3 is 0 Å². The first-order valence-corrected chi connectivity index (χ1v) is 11.6. The maximum Gasteiger partial charge on any atom is 0.261 e. The Labute approximate surface area is 187 Å². The van der Waals surface area contributed by atoms with E-state index in [0.717, 1.165) is 24.8 Å². The second-order valence-corrected chi connectivity index (χ2v) is 9.11. The van der Waals surface area contributed by atoms with Gasteiger partial charge in [0.2, 0.25) is 0 Å². The number of allylic oxidation sites excluding steroid dienone is 1. The maximum atomic E-state index is 11.1. The molecule has 7 nitrogen and oxygen atoms in total. The molecule has 2 fully saturated rings. The number of phosphoric acid groups is 1. The molecule has 0 radical (unpaired) electrons. The summed E-state index contributed by atoms with van der Waals surface area (Å²) in [6, 6.07) is 6.11. The molecule has 1 heterocycles. The van der Waals surface area contributed by atoms with E-state index in [2.05, 4.69) is 40.2 Å². The van der Waals surface area contributed by atoms with Gasteiger partial charge in [0, 0.05) is 30.4 Å². The van der Waals surface area contributed by atoms with E-state index in [1.165, 1.54) is 19.2 Å². The van der Waals surface area contributed by atoms with Crippen molar-refractivity contribution in [1.82, 2.24) is 0 Å². The zero-order valence-electron chi connectivity index (χ0n) is 17.6. The van der Waals surface area contributed by atoms with Gasteiger partial charge in [0.05, 0.1) is 0 Å². The first-order chi connectivity index (χ1) is 15.3. The molecule has 1 aromatic rings. The summed E-state index contributed by atoms with van der Waals surface area (Å²) in [6.45, 7) is 2.03. The van der Waals surface area contributed by atoms with Crippen LogP contribution in [-0.4, -0.2) is 12.7 Å². The molecule has 5 atom stereocenters. The van der Waals surface area contributed by atoms with Gasteiger partial charge in [-0.25, -0.2) is 4.89 Å². The van der Waals surface area contributed by atoms with Gasteiger partial charge in [0.1, 0.15) is 13.6 Å². The van der Waals surface area contributed by atoms with Crippen molar-refractivity contribution in [3.05, 3.63) is 41.5 Å². The van der Waals surface area contributed by atoms with Gasteiger partial charge in [0.25, 0.3) is 5.79 Å². The van der Waals surface area contributed by atoms with E-state index >= 15 is 0 Å². The van der Waals surface area contributed by atoms with Gasteiger partial charge in [-0.3, -0.25) is 0 Å². The number of hydrogen-bond donors (Lipinski definition) is 0. The Bertz CT molecular complexity index is 1150. The first-order valence-electron chi connectivity index (χ1n) is 10.2. The summed E-state index contributed by atoms with van der Waals surface area (Å²) < 4.78 is 21.6. The minimum Gasteiger partial charge on any atom is -0.780 e. The Balaban J connectivity index is 1.80. The molecule has 0 amide bonds. The summed E-state index contributed by atoms with van der Waals surface area (Å²) >= 11 is 0. The summed E-state index contributed by atoms with van der Waals surface area (Å²) in [5, 5.41) is 0. The molecule has 2 aliphatic carbocycles. The van der Waals surface area contributed by atoms with Crippen molar-refractivity contribution in [2.75, 3.05) is 7.11 Å². The van der Waals surface area contributed by atoms with E-state index in [0.29, 0.717) is 5.56 Å². The highest BCUT2D eigenvalue weighted by molar-refractivity contribution is 7.43. The van der Waals surface area contributed by atoms with Crippen molar-refractivity contribution in [2.24, 2.45) is 17.8 Å². The summed E-state index contributed by atoms with van der Waals surface area (Å²) in [4.78, 5) is 33.8. The van der Waals surface area contributed by atoms with Gasteiger partial charge < -0.3 is 23.6 Å². The molecule has 1 saturated heterocycles. The molecule has 166 valence electrons. The van der Waals surface area contributed by atoms with Crippen LogP contribution >= 0.6 is 7.82 Å². The average Bonchev–Trinajstić information content (AvgIpc) is 2.73. The van der Waals surface area contributed by atoms with Gasteiger partial charge in [-0.05, 0) is 55.6 Å². The molecule has 1 aromatic carbocycles. The van der Waals surface area contributed by atoms with Crippen LogP contribution in [0.4, 0.5) is 0 Å². The summed E-state index contributed by atoms with van der Waals surface area (Å²) in [7, 11) is -3.72. The number of rotatable bonds is 4. The first kappa shape index (κ1) is 22.7. The van der Waals surface area contributed by atoms with Crippen LogP contribution in [0.1, 0.15) is 31.7 Å². The Morgan fingerprint density at radius 3 is 2.69 bits per heavy atom. The highest BCUT2D eigenvalue weighted by atomic mass is 31.2. The van der Waals surface area contributed by atoms with Crippen molar-refractivity contribution in [3.8, 4) is 41.8 Å². The van der Waals surface area contributed by atoms with Crippen molar-refractivity contribution in [2.45, 2.75) is 37.6 Å². The molecule has 1 spiro atoms. The maximum absolute atomic E-state index is 11.1. The fraction of sp³-hybridized carbons (Fsp3) is 0.417. The SMILES string of the molecule is C#CC#CC#CC1C=C(C)C2CCCC1C21OOC1(OC)c1cccc(OP(=O)([O-])[O-])c1. The van der Waals surface area contributed by atoms with E-state index in [9.17, 15) is 14.4 Å². The molecule has 32 heavy (non-hydrogen) atoms. The van der Waals surface area contributed by atoms with Crippen LogP contribution < -0.4 is 14.3 Å². The van der Waals surface area contributed by atoms with Crippen molar-refractivity contribution in [3.63, 3.8) is 0 Å². The molecule has 4 rings (SSSR count). The highest BCUT2D eigenvalue weighted by Gasteiger charge is 2.75. The number of benzene rings is 1. The summed E-state index contributed by atoms with van der Waals surface area (Å²) in [5.41, 5.74) is 0.697. The Morgan fingerprint density at radius 2 is 2.03 bits per heavy atom. The van der Waals surface area contributed by atoms with Crippen LogP contribution in [0.5, 0.6) is 5.75 Å². The normalized spacial score (nSPS) is 32.8. The fourth-order valence-corrected chi connectivity index (χ4v) is 5.74. The third-order valence-electron chi connectivity index (χ3n) is 6.47. The van der Waals surface area contributed by atoms with Crippen LogP contribution in [0.3, 0.4) is 0 Å². The van der Waals surface area contributed by atoms with Gasteiger partial charge in [-0.15, -0.1) is 6.42 Å².